The summed E-state index contributed by atoms with van der Waals surface area (Å²) in [6.07, 6.45) is -2.59. The number of halogens is 4. The van der Waals surface area contributed by atoms with Crippen molar-refractivity contribution in [3.05, 3.63) is 58.7 Å². The third kappa shape index (κ3) is 6.78. The lowest BCUT2D eigenvalue weighted by Crippen LogP contribution is -2.34. The SMILES string of the molecule is C[C@H](C(C(=O)Nc1cc(CCC(=O)OC(C)(C)C)ccc1Cl)c1ccc2cnn(C)c2c1)C(F)(F)F. The molecule has 0 aliphatic rings. The predicted octanol–water partition coefficient (Wildman–Crippen LogP) is 6.42. The molecular weight excluding hydrogens is 495 g/mol. The van der Waals surface area contributed by atoms with E-state index in [1.807, 2.05) is 0 Å². The lowest BCUT2D eigenvalue weighted by atomic mass is 9.85. The molecule has 0 radical (unpaired) electrons. The van der Waals surface area contributed by atoms with Gasteiger partial charge in [0, 0.05) is 18.9 Å². The van der Waals surface area contributed by atoms with Crippen LogP contribution in [0, 0.1) is 5.92 Å². The normalized spacial score (nSPS) is 13.9. The molecule has 1 heterocycles. The van der Waals surface area contributed by atoms with Gasteiger partial charge in [0.1, 0.15) is 5.60 Å². The van der Waals surface area contributed by atoms with Crippen LogP contribution in [0.3, 0.4) is 0 Å². The summed E-state index contributed by atoms with van der Waals surface area (Å²) in [5, 5.41) is 7.61. The summed E-state index contributed by atoms with van der Waals surface area (Å²) in [4.78, 5) is 25.3. The van der Waals surface area contributed by atoms with Gasteiger partial charge in [0.2, 0.25) is 5.91 Å². The summed E-state index contributed by atoms with van der Waals surface area (Å²) in [6.45, 7) is 6.29. The first-order valence-corrected chi connectivity index (χ1v) is 11.8. The largest absolute Gasteiger partial charge is 0.460 e. The van der Waals surface area contributed by atoms with E-state index in [1.54, 1.807) is 58.3 Å². The van der Waals surface area contributed by atoms with Crippen LogP contribution in [-0.4, -0.2) is 33.4 Å². The van der Waals surface area contributed by atoms with Crippen LogP contribution < -0.4 is 5.32 Å². The number of aryl methyl sites for hydroxylation is 2. The number of alkyl halides is 3. The van der Waals surface area contributed by atoms with E-state index < -0.39 is 29.5 Å². The number of benzene rings is 2. The topological polar surface area (TPSA) is 73.2 Å². The molecule has 0 saturated heterocycles. The van der Waals surface area contributed by atoms with E-state index in [0.29, 0.717) is 17.5 Å². The quantitative estimate of drug-likeness (QED) is 0.363. The lowest BCUT2D eigenvalue weighted by molar-refractivity contribution is -0.178. The molecule has 0 spiro atoms. The number of aromatic nitrogens is 2. The third-order valence-electron chi connectivity index (χ3n) is 5.76. The Labute approximate surface area is 212 Å². The molecule has 1 amide bonds. The molecule has 0 aliphatic carbocycles. The molecule has 6 nitrogen and oxygen atoms in total. The van der Waals surface area contributed by atoms with Crippen LogP contribution in [0.5, 0.6) is 0 Å². The first-order chi connectivity index (χ1) is 16.7. The van der Waals surface area contributed by atoms with Gasteiger partial charge in [-0.2, -0.15) is 18.3 Å². The number of ether oxygens (including phenoxy) is 1. The van der Waals surface area contributed by atoms with Crippen molar-refractivity contribution in [2.24, 2.45) is 13.0 Å². The first kappa shape index (κ1) is 27.5. The van der Waals surface area contributed by atoms with Gasteiger partial charge in [0.25, 0.3) is 0 Å². The van der Waals surface area contributed by atoms with Gasteiger partial charge in [-0.1, -0.05) is 36.7 Å². The van der Waals surface area contributed by atoms with Crippen LogP contribution in [0.15, 0.2) is 42.6 Å². The Hall–Kier alpha value is -3.07. The molecule has 36 heavy (non-hydrogen) atoms. The number of anilines is 1. The molecule has 2 atom stereocenters. The fourth-order valence-electron chi connectivity index (χ4n) is 3.88. The number of hydrogen-bond donors (Lipinski definition) is 1. The van der Waals surface area contributed by atoms with E-state index in [-0.39, 0.29) is 28.7 Å². The van der Waals surface area contributed by atoms with Crippen molar-refractivity contribution in [1.29, 1.82) is 0 Å². The Morgan fingerprint density at radius 1 is 1.14 bits per heavy atom. The molecule has 1 aromatic heterocycles. The summed E-state index contributed by atoms with van der Waals surface area (Å²) in [7, 11) is 1.68. The zero-order valence-corrected chi connectivity index (χ0v) is 21.5. The summed E-state index contributed by atoms with van der Waals surface area (Å²) in [5.41, 5.74) is 1.06. The van der Waals surface area contributed by atoms with Crippen molar-refractivity contribution in [3.63, 3.8) is 0 Å². The van der Waals surface area contributed by atoms with Gasteiger partial charge < -0.3 is 10.1 Å². The number of carbonyl (C=O) groups excluding carboxylic acids is 2. The number of esters is 1. The predicted molar refractivity (Wildman–Crippen MR) is 133 cm³/mol. The minimum Gasteiger partial charge on any atom is -0.460 e. The van der Waals surface area contributed by atoms with E-state index in [1.165, 1.54) is 16.8 Å². The van der Waals surface area contributed by atoms with Crippen molar-refractivity contribution >= 4 is 40.1 Å². The number of nitrogens with one attached hydrogen (secondary N) is 1. The standard InChI is InChI=1S/C26H29ClF3N3O3/c1-15(26(28,29)30)23(17-8-9-18-14-31-33(5)21(18)13-17)24(35)32-20-12-16(6-10-19(20)27)7-11-22(34)36-25(2,3)4/h6,8-10,12-15,23H,7,11H2,1-5H3,(H,32,35)/t15-,23?/m1/s1. The monoisotopic (exact) mass is 523 g/mol. The maximum Gasteiger partial charge on any atom is 0.392 e. The third-order valence-corrected chi connectivity index (χ3v) is 6.09. The van der Waals surface area contributed by atoms with Crippen LogP contribution in [-0.2, 0) is 27.8 Å². The highest BCUT2D eigenvalue weighted by Gasteiger charge is 2.45. The van der Waals surface area contributed by atoms with E-state index in [0.717, 1.165) is 12.3 Å². The summed E-state index contributed by atoms with van der Waals surface area (Å²) < 4.78 is 48.2. The van der Waals surface area contributed by atoms with Crippen molar-refractivity contribution in [3.8, 4) is 0 Å². The Bertz CT molecular complexity index is 1260. The minimum absolute atomic E-state index is 0.102. The Morgan fingerprint density at radius 3 is 2.47 bits per heavy atom. The van der Waals surface area contributed by atoms with Crippen molar-refractivity contribution in [2.45, 2.75) is 58.2 Å². The highest BCUT2D eigenvalue weighted by Crippen LogP contribution is 2.39. The Morgan fingerprint density at radius 2 is 1.83 bits per heavy atom. The Balaban J connectivity index is 1.86. The molecule has 0 bridgehead atoms. The van der Waals surface area contributed by atoms with Crippen LogP contribution in [0.25, 0.3) is 10.9 Å². The zero-order valence-electron chi connectivity index (χ0n) is 20.7. The number of rotatable bonds is 7. The van der Waals surface area contributed by atoms with E-state index in [2.05, 4.69) is 10.4 Å². The van der Waals surface area contributed by atoms with Crippen LogP contribution >= 0.6 is 11.6 Å². The summed E-state index contributed by atoms with van der Waals surface area (Å²) in [6, 6.07) is 9.48. The second-order valence-corrected chi connectivity index (χ2v) is 10.2. The Kier molecular flexibility index (Phi) is 8.03. The van der Waals surface area contributed by atoms with Crippen molar-refractivity contribution < 1.29 is 27.5 Å². The molecule has 10 heteroatoms. The van der Waals surface area contributed by atoms with Gasteiger partial charge in [-0.05, 0) is 56.5 Å². The first-order valence-electron chi connectivity index (χ1n) is 11.5. The maximum absolute atomic E-state index is 13.8. The molecule has 0 saturated carbocycles. The van der Waals surface area contributed by atoms with Crippen LogP contribution in [0.2, 0.25) is 5.02 Å². The van der Waals surface area contributed by atoms with Gasteiger partial charge >= 0.3 is 12.1 Å². The highest BCUT2D eigenvalue weighted by molar-refractivity contribution is 6.33. The van der Waals surface area contributed by atoms with Gasteiger partial charge in [0.05, 0.1) is 34.3 Å². The number of hydrogen-bond acceptors (Lipinski definition) is 4. The van der Waals surface area contributed by atoms with Gasteiger partial charge in [-0.15, -0.1) is 0 Å². The fraction of sp³-hybridized carbons (Fsp3) is 0.423. The number of carbonyl (C=O) groups is 2. The van der Waals surface area contributed by atoms with Crippen molar-refractivity contribution in [1.82, 2.24) is 9.78 Å². The molecule has 3 aromatic rings. The maximum atomic E-state index is 13.8. The van der Waals surface area contributed by atoms with Gasteiger partial charge in [-0.3, -0.25) is 14.3 Å². The molecule has 194 valence electrons. The van der Waals surface area contributed by atoms with Gasteiger partial charge in [-0.25, -0.2) is 0 Å². The molecule has 0 aliphatic heterocycles. The number of fused-ring (bicyclic) bond motifs is 1. The number of amides is 1. The second kappa shape index (κ2) is 10.5. The summed E-state index contributed by atoms with van der Waals surface area (Å²) >= 11 is 6.25. The fourth-order valence-corrected chi connectivity index (χ4v) is 4.05. The molecule has 2 aromatic carbocycles. The molecular formula is C26H29ClF3N3O3. The average Bonchev–Trinajstić information content (AvgIpc) is 3.13. The molecule has 3 rings (SSSR count). The zero-order chi connectivity index (χ0) is 26.8. The number of nitrogens with zero attached hydrogens (tertiary/aromatic N) is 2. The van der Waals surface area contributed by atoms with Crippen molar-refractivity contribution in [2.75, 3.05) is 5.32 Å². The minimum atomic E-state index is -4.61. The van der Waals surface area contributed by atoms with Gasteiger partial charge in [0.15, 0.2) is 0 Å². The average molecular weight is 524 g/mol. The van der Waals surface area contributed by atoms with E-state index in [4.69, 9.17) is 16.3 Å². The van der Waals surface area contributed by atoms with E-state index in [9.17, 15) is 22.8 Å². The van der Waals surface area contributed by atoms with Crippen LogP contribution in [0.4, 0.5) is 18.9 Å². The second-order valence-electron chi connectivity index (χ2n) is 9.78. The molecule has 1 unspecified atom stereocenters. The smallest absolute Gasteiger partial charge is 0.392 e. The summed E-state index contributed by atoms with van der Waals surface area (Å²) in [5.74, 6) is -4.71. The molecule has 1 N–H and O–H groups in total. The highest BCUT2D eigenvalue weighted by atomic mass is 35.5. The lowest BCUT2D eigenvalue weighted by Gasteiger charge is -2.26. The van der Waals surface area contributed by atoms with Crippen LogP contribution in [0.1, 0.15) is 51.2 Å². The molecule has 0 fully saturated rings. The van der Waals surface area contributed by atoms with E-state index >= 15 is 0 Å².